The zero-order valence-electron chi connectivity index (χ0n) is 14.7. The maximum Gasteiger partial charge on any atom is 0.123 e. The smallest absolute Gasteiger partial charge is 0.123 e. The quantitative estimate of drug-likeness (QED) is 0.554. The van der Waals surface area contributed by atoms with Gasteiger partial charge in [-0.05, 0) is 66.0 Å². The molecule has 0 N–H and O–H groups in total. The average molecular weight is 358 g/mol. The summed E-state index contributed by atoms with van der Waals surface area (Å²) in [5.74, 6) is -0.174. The Morgan fingerprint density at radius 2 is 1.42 bits per heavy atom. The zero-order chi connectivity index (χ0) is 17.9. The fourth-order valence-corrected chi connectivity index (χ4v) is 5.96. The molecule has 0 heterocycles. The standard InChI is InChI=1S/C24H20FP/c1-18-9-8-14-22(18)23-16-15-19(25)17-24(23)26(20-10-4-2-5-11-20)21-12-6-3-7-13-21/h2-13,15-17H,14H2,1H3. The SMILES string of the molecule is CC1=C(c2ccc(F)cc2P(c2ccccc2)c2ccccc2)CC=C1. The van der Waals surface area contributed by atoms with Crippen LogP contribution in [0.3, 0.4) is 0 Å². The van der Waals surface area contributed by atoms with Gasteiger partial charge < -0.3 is 0 Å². The van der Waals surface area contributed by atoms with Crippen LogP contribution in [-0.4, -0.2) is 0 Å². The van der Waals surface area contributed by atoms with Crippen LogP contribution >= 0.6 is 7.92 Å². The van der Waals surface area contributed by atoms with Gasteiger partial charge in [0.05, 0.1) is 0 Å². The molecule has 0 radical (unpaired) electrons. The monoisotopic (exact) mass is 358 g/mol. The van der Waals surface area contributed by atoms with Crippen LogP contribution in [0.2, 0.25) is 0 Å². The zero-order valence-corrected chi connectivity index (χ0v) is 15.6. The highest BCUT2D eigenvalue weighted by atomic mass is 31.1. The van der Waals surface area contributed by atoms with Crippen LogP contribution in [0.15, 0.2) is 96.6 Å². The summed E-state index contributed by atoms with van der Waals surface area (Å²) in [6, 6.07) is 26.2. The van der Waals surface area contributed by atoms with Gasteiger partial charge in [-0.1, -0.05) is 78.9 Å². The van der Waals surface area contributed by atoms with Crippen molar-refractivity contribution in [1.29, 1.82) is 0 Å². The van der Waals surface area contributed by atoms with Crippen molar-refractivity contribution in [3.05, 3.63) is 108 Å². The lowest BCUT2D eigenvalue weighted by atomic mass is 10.0. The molecule has 26 heavy (non-hydrogen) atoms. The van der Waals surface area contributed by atoms with Gasteiger partial charge in [0.15, 0.2) is 0 Å². The Morgan fingerprint density at radius 1 is 0.808 bits per heavy atom. The van der Waals surface area contributed by atoms with E-state index in [4.69, 9.17) is 0 Å². The largest absolute Gasteiger partial charge is 0.207 e. The normalized spacial score (nSPS) is 13.7. The lowest BCUT2D eigenvalue weighted by Gasteiger charge is -2.23. The van der Waals surface area contributed by atoms with E-state index in [9.17, 15) is 4.39 Å². The summed E-state index contributed by atoms with van der Waals surface area (Å²) in [6.07, 6.45) is 5.26. The lowest BCUT2D eigenvalue weighted by Crippen LogP contribution is -2.23. The van der Waals surface area contributed by atoms with Gasteiger partial charge in [-0.25, -0.2) is 4.39 Å². The Kier molecular flexibility index (Phi) is 4.82. The van der Waals surface area contributed by atoms with Crippen molar-refractivity contribution < 1.29 is 4.39 Å². The van der Waals surface area contributed by atoms with Crippen molar-refractivity contribution in [3.63, 3.8) is 0 Å². The molecule has 4 rings (SSSR count). The minimum absolute atomic E-state index is 0.174. The first-order chi connectivity index (χ1) is 12.7. The summed E-state index contributed by atoms with van der Waals surface area (Å²) >= 11 is 0. The van der Waals surface area contributed by atoms with E-state index in [1.165, 1.54) is 27.3 Å². The van der Waals surface area contributed by atoms with Crippen molar-refractivity contribution in [2.45, 2.75) is 13.3 Å². The van der Waals surface area contributed by atoms with Crippen molar-refractivity contribution in [1.82, 2.24) is 0 Å². The van der Waals surface area contributed by atoms with Gasteiger partial charge >= 0.3 is 0 Å². The maximum atomic E-state index is 14.3. The molecule has 0 unspecified atom stereocenters. The highest BCUT2D eigenvalue weighted by Gasteiger charge is 2.22. The third kappa shape index (κ3) is 3.28. The summed E-state index contributed by atoms with van der Waals surface area (Å²) < 4.78 is 14.3. The molecule has 0 bridgehead atoms. The molecule has 1 aliphatic rings. The highest BCUT2D eigenvalue weighted by Crippen LogP contribution is 2.38. The molecule has 0 saturated heterocycles. The number of halogens is 1. The second-order valence-electron chi connectivity index (χ2n) is 6.44. The van der Waals surface area contributed by atoms with Gasteiger partial charge in [-0.3, -0.25) is 0 Å². The van der Waals surface area contributed by atoms with Crippen molar-refractivity contribution in [3.8, 4) is 0 Å². The number of benzene rings is 3. The first-order valence-electron chi connectivity index (χ1n) is 8.80. The molecule has 0 nitrogen and oxygen atoms in total. The molecule has 0 amide bonds. The summed E-state index contributed by atoms with van der Waals surface area (Å²) in [5, 5.41) is 3.57. The van der Waals surface area contributed by atoms with E-state index < -0.39 is 7.92 Å². The molecule has 2 heteroatoms. The third-order valence-electron chi connectivity index (χ3n) is 4.72. The molecule has 128 valence electrons. The molecule has 1 aliphatic carbocycles. The van der Waals surface area contributed by atoms with Crippen LogP contribution in [0.1, 0.15) is 18.9 Å². The second kappa shape index (κ2) is 7.40. The molecule has 0 aliphatic heterocycles. The molecule has 0 atom stereocenters. The fourth-order valence-electron chi connectivity index (χ4n) is 3.46. The van der Waals surface area contributed by atoms with Crippen molar-refractivity contribution in [2.75, 3.05) is 0 Å². The van der Waals surface area contributed by atoms with Crippen LogP contribution in [0, 0.1) is 5.82 Å². The van der Waals surface area contributed by atoms with Gasteiger partial charge in [-0.2, -0.15) is 0 Å². The second-order valence-corrected chi connectivity index (χ2v) is 8.62. The third-order valence-corrected chi connectivity index (χ3v) is 7.20. The predicted octanol–water partition coefficient (Wildman–Crippen LogP) is 5.32. The fraction of sp³-hybridized carbons (Fsp3) is 0.0833. The maximum absolute atomic E-state index is 14.3. The Bertz CT molecular complexity index is 932. The minimum Gasteiger partial charge on any atom is -0.207 e. The van der Waals surface area contributed by atoms with Gasteiger partial charge in [0.2, 0.25) is 0 Å². The van der Waals surface area contributed by atoms with Crippen LogP contribution < -0.4 is 15.9 Å². The highest BCUT2D eigenvalue weighted by molar-refractivity contribution is 7.80. The number of hydrogen-bond donors (Lipinski definition) is 0. The first kappa shape index (κ1) is 16.9. The molecule has 0 fully saturated rings. The van der Waals surface area contributed by atoms with Crippen LogP contribution in [0.25, 0.3) is 5.57 Å². The van der Waals surface area contributed by atoms with Crippen LogP contribution in [0.4, 0.5) is 4.39 Å². The summed E-state index contributed by atoms with van der Waals surface area (Å²) in [7, 11) is -0.820. The van der Waals surface area contributed by atoms with Gasteiger partial charge in [-0.15, -0.1) is 0 Å². The van der Waals surface area contributed by atoms with E-state index in [0.29, 0.717) is 0 Å². The summed E-state index contributed by atoms with van der Waals surface area (Å²) in [5.41, 5.74) is 3.75. The summed E-state index contributed by atoms with van der Waals surface area (Å²) in [4.78, 5) is 0. The molecule has 0 saturated carbocycles. The Hall–Kier alpha value is -2.50. The van der Waals surface area contributed by atoms with E-state index in [2.05, 4.69) is 67.6 Å². The predicted molar refractivity (Wildman–Crippen MR) is 111 cm³/mol. The summed E-state index contributed by atoms with van der Waals surface area (Å²) in [6.45, 7) is 2.14. The van der Waals surface area contributed by atoms with E-state index in [1.54, 1.807) is 12.1 Å². The van der Waals surface area contributed by atoms with E-state index in [0.717, 1.165) is 11.7 Å². The van der Waals surface area contributed by atoms with Crippen molar-refractivity contribution >= 4 is 29.4 Å². The first-order valence-corrected chi connectivity index (χ1v) is 10.1. The topological polar surface area (TPSA) is 0 Å². The number of hydrogen-bond acceptors (Lipinski definition) is 0. The minimum atomic E-state index is -0.820. The van der Waals surface area contributed by atoms with Crippen LogP contribution in [-0.2, 0) is 0 Å². The lowest BCUT2D eigenvalue weighted by molar-refractivity contribution is 0.629. The Morgan fingerprint density at radius 3 is 1.96 bits per heavy atom. The molecule has 0 spiro atoms. The molecule has 3 aromatic carbocycles. The molecule has 0 aromatic heterocycles. The van der Waals surface area contributed by atoms with Gasteiger partial charge in [0.1, 0.15) is 5.82 Å². The molecular formula is C24H20FP. The number of rotatable bonds is 4. The van der Waals surface area contributed by atoms with Crippen LogP contribution in [0.5, 0.6) is 0 Å². The van der Waals surface area contributed by atoms with E-state index in [-0.39, 0.29) is 5.82 Å². The molecule has 3 aromatic rings. The Balaban J connectivity index is 1.95. The van der Waals surface area contributed by atoms with E-state index >= 15 is 0 Å². The number of allylic oxidation sites excluding steroid dienone is 4. The molecular weight excluding hydrogens is 338 g/mol. The van der Waals surface area contributed by atoms with Gasteiger partial charge in [0.25, 0.3) is 0 Å². The van der Waals surface area contributed by atoms with Crippen molar-refractivity contribution in [2.24, 2.45) is 0 Å². The van der Waals surface area contributed by atoms with Gasteiger partial charge in [0, 0.05) is 0 Å². The average Bonchev–Trinajstić information content (AvgIpc) is 3.10. The Labute approximate surface area is 155 Å². The van der Waals surface area contributed by atoms with E-state index in [1.807, 2.05) is 18.2 Å².